The maximum Gasteiger partial charge on any atom is 0.0659 e. The first-order valence-corrected chi connectivity index (χ1v) is 8.97. The first kappa shape index (κ1) is 13.4. The van der Waals surface area contributed by atoms with Gasteiger partial charge in [0, 0.05) is 17.0 Å². The van der Waals surface area contributed by atoms with Crippen LogP contribution in [0.3, 0.4) is 0 Å². The smallest absolute Gasteiger partial charge is 0.0659 e. The van der Waals surface area contributed by atoms with Gasteiger partial charge in [-0.25, -0.2) is 0 Å². The standard InChI is InChI=1S/C15H22INS/c1-15(2)7-6-10(9-15)17-12-4-3-5-13-11(12)8-14(16)18-13/h8,10,12,17H,3-7,9H2,1-2H3. The number of thiophene rings is 1. The van der Waals surface area contributed by atoms with Crippen molar-refractivity contribution in [2.45, 2.75) is 64.5 Å². The van der Waals surface area contributed by atoms with Gasteiger partial charge in [0.25, 0.3) is 0 Å². The molecule has 2 atom stereocenters. The second kappa shape index (κ2) is 5.06. The molecule has 2 aliphatic carbocycles. The Labute approximate surface area is 128 Å². The van der Waals surface area contributed by atoms with E-state index < -0.39 is 0 Å². The van der Waals surface area contributed by atoms with Crippen LogP contribution in [0, 0.1) is 8.30 Å². The highest BCUT2D eigenvalue weighted by atomic mass is 127. The summed E-state index contributed by atoms with van der Waals surface area (Å²) in [5, 5.41) is 3.95. The molecule has 1 heterocycles. The summed E-state index contributed by atoms with van der Waals surface area (Å²) >= 11 is 4.47. The zero-order valence-electron chi connectivity index (χ0n) is 11.3. The highest BCUT2D eigenvalue weighted by molar-refractivity contribution is 14.1. The zero-order chi connectivity index (χ0) is 12.8. The summed E-state index contributed by atoms with van der Waals surface area (Å²) in [6.07, 6.45) is 8.08. The van der Waals surface area contributed by atoms with E-state index >= 15 is 0 Å². The Kier molecular flexibility index (Phi) is 3.76. The van der Waals surface area contributed by atoms with Gasteiger partial charge < -0.3 is 5.32 Å². The number of hydrogen-bond acceptors (Lipinski definition) is 2. The fourth-order valence-electron chi connectivity index (χ4n) is 3.56. The summed E-state index contributed by atoms with van der Waals surface area (Å²) in [6.45, 7) is 4.82. The Bertz CT molecular complexity index is 438. The molecule has 1 fully saturated rings. The molecule has 0 bridgehead atoms. The lowest BCUT2D eigenvalue weighted by atomic mass is 9.90. The van der Waals surface area contributed by atoms with Crippen LogP contribution >= 0.6 is 33.9 Å². The molecule has 18 heavy (non-hydrogen) atoms. The average molecular weight is 375 g/mol. The maximum absolute atomic E-state index is 3.95. The second-order valence-corrected chi connectivity index (χ2v) is 9.68. The van der Waals surface area contributed by atoms with Crippen LogP contribution in [0.15, 0.2) is 6.07 Å². The van der Waals surface area contributed by atoms with Gasteiger partial charge in [0.2, 0.25) is 0 Å². The van der Waals surface area contributed by atoms with Crippen molar-refractivity contribution in [3.05, 3.63) is 19.4 Å². The van der Waals surface area contributed by atoms with Crippen molar-refractivity contribution in [1.29, 1.82) is 0 Å². The molecule has 1 nitrogen and oxygen atoms in total. The third-order valence-electron chi connectivity index (χ3n) is 4.49. The summed E-state index contributed by atoms with van der Waals surface area (Å²) in [7, 11) is 0. The second-order valence-electron chi connectivity index (χ2n) is 6.64. The minimum absolute atomic E-state index is 0.554. The molecule has 100 valence electrons. The summed E-state index contributed by atoms with van der Waals surface area (Å²) in [5.41, 5.74) is 2.17. The van der Waals surface area contributed by atoms with Crippen molar-refractivity contribution in [1.82, 2.24) is 5.32 Å². The van der Waals surface area contributed by atoms with E-state index in [1.807, 2.05) is 11.3 Å². The molecular formula is C15H22INS. The fraction of sp³-hybridized carbons (Fsp3) is 0.733. The normalized spacial score (nSPS) is 30.4. The molecular weight excluding hydrogens is 353 g/mol. The molecule has 1 N–H and O–H groups in total. The Morgan fingerprint density at radius 1 is 1.39 bits per heavy atom. The minimum atomic E-state index is 0.554. The van der Waals surface area contributed by atoms with E-state index in [4.69, 9.17) is 0 Å². The van der Waals surface area contributed by atoms with Gasteiger partial charge in [0.05, 0.1) is 2.88 Å². The predicted octanol–water partition coefficient (Wildman–Crippen LogP) is 4.90. The van der Waals surface area contributed by atoms with E-state index in [2.05, 4.69) is 47.8 Å². The van der Waals surface area contributed by atoms with E-state index in [9.17, 15) is 0 Å². The Balaban J connectivity index is 1.71. The number of halogens is 1. The van der Waals surface area contributed by atoms with Crippen LogP contribution < -0.4 is 5.32 Å². The molecule has 0 aromatic carbocycles. The van der Waals surface area contributed by atoms with Crippen LogP contribution in [-0.4, -0.2) is 6.04 Å². The van der Waals surface area contributed by atoms with Gasteiger partial charge >= 0.3 is 0 Å². The minimum Gasteiger partial charge on any atom is -0.307 e. The molecule has 0 saturated heterocycles. The number of nitrogens with one attached hydrogen (secondary N) is 1. The van der Waals surface area contributed by atoms with E-state index in [1.165, 1.54) is 41.4 Å². The fourth-order valence-corrected chi connectivity index (χ4v) is 5.68. The topological polar surface area (TPSA) is 12.0 Å². The number of rotatable bonds is 2. The van der Waals surface area contributed by atoms with Crippen LogP contribution in [0.2, 0.25) is 0 Å². The van der Waals surface area contributed by atoms with Gasteiger partial charge in [0.1, 0.15) is 0 Å². The van der Waals surface area contributed by atoms with Crippen molar-refractivity contribution >= 4 is 33.9 Å². The quantitative estimate of drug-likeness (QED) is 0.726. The lowest BCUT2D eigenvalue weighted by Gasteiger charge is -2.27. The summed E-state index contributed by atoms with van der Waals surface area (Å²) in [4.78, 5) is 1.64. The van der Waals surface area contributed by atoms with Gasteiger partial charge in [-0.2, -0.15) is 0 Å². The monoisotopic (exact) mass is 375 g/mol. The van der Waals surface area contributed by atoms with Gasteiger partial charge in [-0.05, 0) is 78.2 Å². The van der Waals surface area contributed by atoms with E-state index in [0.29, 0.717) is 11.5 Å². The molecule has 1 saturated carbocycles. The third-order valence-corrected chi connectivity index (χ3v) is 6.46. The molecule has 2 aliphatic rings. The van der Waals surface area contributed by atoms with Crippen molar-refractivity contribution in [2.75, 3.05) is 0 Å². The van der Waals surface area contributed by atoms with E-state index in [0.717, 1.165) is 6.04 Å². The van der Waals surface area contributed by atoms with Crippen molar-refractivity contribution in [3.63, 3.8) is 0 Å². The Morgan fingerprint density at radius 3 is 2.94 bits per heavy atom. The molecule has 0 aliphatic heterocycles. The average Bonchev–Trinajstić information content (AvgIpc) is 2.81. The van der Waals surface area contributed by atoms with Crippen molar-refractivity contribution in [3.8, 4) is 0 Å². The highest BCUT2D eigenvalue weighted by Gasteiger charge is 2.33. The molecule has 3 heteroatoms. The zero-order valence-corrected chi connectivity index (χ0v) is 14.2. The molecule has 1 aromatic rings. The largest absolute Gasteiger partial charge is 0.307 e. The summed E-state index contributed by atoms with van der Waals surface area (Å²) in [5.74, 6) is 0. The van der Waals surface area contributed by atoms with Crippen molar-refractivity contribution < 1.29 is 0 Å². The summed E-state index contributed by atoms with van der Waals surface area (Å²) < 4.78 is 1.46. The number of hydrogen-bond donors (Lipinski definition) is 1. The van der Waals surface area contributed by atoms with Crippen molar-refractivity contribution in [2.24, 2.45) is 5.41 Å². The first-order valence-electron chi connectivity index (χ1n) is 7.08. The molecule has 0 amide bonds. The summed E-state index contributed by atoms with van der Waals surface area (Å²) in [6, 6.07) is 3.79. The van der Waals surface area contributed by atoms with Crippen LogP contribution in [0.5, 0.6) is 0 Å². The van der Waals surface area contributed by atoms with Gasteiger partial charge in [0.15, 0.2) is 0 Å². The van der Waals surface area contributed by atoms with Gasteiger partial charge in [-0.15, -0.1) is 11.3 Å². The molecule has 2 unspecified atom stereocenters. The molecule has 3 rings (SSSR count). The molecule has 0 radical (unpaired) electrons. The molecule has 0 spiro atoms. The van der Waals surface area contributed by atoms with Crippen LogP contribution in [-0.2, 0) is 6.42 Å². The maximum atomic E-state index is 3.95. The number of aryl methyl sites for hydroxylation is 1. The van der Waals surface area contributed by atoms with Crippen LogP contribution in [0.1, 0.15) is 62.4 Å². The Morgan fingerprint density at radius 2 is 2.22 bits per heavy atom. The predicted molar refractivity (Wildman–Crippen MR) is 87.3 cm³/mol. The third kappa shape index (κ3) is 2.78. The lowest BCUT2D eigenvalue weighted by Crippen LogP contribution is -2.33. The SMILES string of the molecule is CC1(C)CCC(NC2CCCc3sc(I)cc32)C1. The molecule has 1 aromatic heterocycles. The van der Waals surface area contributed by atoms with Gasteiger partial charge in [-0.3, -0.25) is 0 Å². The number of fused-ring (bicyclic) bond motifs is 1. The highest BCUT2D eigenvalue weighted by Crippen LogP contribution is 2.41. The first-order chi connectivity index (χ1) is 8.53. The van der Waals surface area contributed by atoms with E-state index in [-0.39, 0.29) is 0 Å². The van der Waals surface area contributed by atoms with Crippen LogP contribution in [0.25, 0.3) is 0 Å². The van der Waals surface area contributed by atoms with Gasteiger partial charge in [-0.1, -0.05) is 13.8 Å². The van der Waals surface area contributed by atoms with Crippen LogP contribution in [0.4, 0.5) is 0 Å². The van der Waals surface area contributed by atoms with E-state index in [1.54, 1.807) is 10.4 Å². The lowest BCUT2D eigenvalue weighted by molar-refractivity contribution is 0.343. The Hall–Kier alpha value is 0.390.